The largest absolute Gasteiger partial charge is 0.361 e. The van der Waals surface area contributed by atoms with E-state index in [1.54, 1.807) is 21.0 Å². The number of likely N-dealkylation sites (N-methyl/N-ethyl adjacent to an activating group) is 1. The van der Waals surface area contributed by atoms with E-state index in [-0.39, 0.29) is 24.9 Å². The fourth-order valence-corrected chi connectivity index (χ4v) is 3.96. The lowest BCUT2D eigenvalue weighted by Gasteiger charge is -2.26. The van der Waals surface area contributed by atoms with Crippen LogP contribution in [0.4, 0.5) is 0 Å². The van der Waals surface area contributed by atoms with Gasteiger partial charge in [0, 0.05) is 45.0 Å². The zero-order valence-electron chi connectivity index (χ0n) is 16.9. The maximum Gasteiger partial charge on any atom is 0.309 e. The van der Waals surface area contributed by atoms with Crippen LogP contribution in [0, 0.1) is 5.92 Å². The summed E-state index contributed by atoms with van der Waals surface area (Å²) >= 11 is 1.32. The molecular weight excluding hydrogens is 420 g/mol. The number of rotatable bonds is 6. The second-order valence-electron chi connectivity index (χ2n) is 7.05. The van der Waals surface area contributed by atoms with Crippen LogP contribution >= 0.6 is 23.7 Å². The van der Waals surface area contributed by atoms with E-state index in [1.807, 2.05) is 7.05 Å². The van der Waals surface area contributed by atoms with Gasteiger partial charge in [-0.25, -0.2) is 4.98 Å². The Balaban J connectivity index is 0.00000420. The maximum atomic E-state index is 12.7. The molecule has 1 unspecified atom stereocenters. The summed E-state index contributed by atoms with van der Waals surface area (Å²) in [4.78, 5) is 56.5. The average molecular weight is 447 g/mol. The molecule has 0 fully saturated rings. The third-order valence-corrected chi connectivity index (χ3v) is 5.65. The molecular formula is C17H27ClN6O4S. The zero-order chi connectivity index (χ0) is 21.0. The van der Waals surface area contributed by atoms with Gasteiger partial charge in [-0.3, -0.25) is 19.2 Å². The van der Waals surface area contributed by atoms with E-state index in [0.717, 1.165) is 30.1 Å². The number of fused-ring (bicyclic) bond motifs is 1. The number of aromatic nitrogens is 1. The number of halogens is 1. The molecule has 1 aromatic heterocycles. The van der Waals surface area contributed by atoms with Crippen molar-refractivity contribution < 1.29 is 19.2 Å². The van der Waals surface area contributed by atoms with Gasteiger partial charge < -0.3 is 26.2 Å². The smallest absolute Gasteiger partial charge is 0.309 e. The van der Waals surface area contributed by atoms with Crippen LogP contribution in [-0.2, 0) is 27.3 Å². The molecule has 2 heterocycles. The van der Waals surface area contributed by atoms with Crippen molar-refractivity contribution in [3.63, 3.8) is 0 Å². The summed E-state index contributed by atoms with van der Waals surface area (Å²) in [6.45, 7) is 3.16. The van der Waals surface area contributed by atoms with Crippen molar-refractivity contribution in [3.8, 4) is 0 Å². The van der Waals surface area contributed by atoms with Crippen LogP contribution < -0.4 is 16.4 Å². The highest BCUT2D eigenvalue weighted by Crippen LogP contribution is 2.24. The van der Waals surface area contributed by atoms with Crippen LogP contribution in [-0.4, -0.2) is 78.7 Å². The van der Waals surface area contributed by atoms with Gasteiger partial charge in [0.25, 0.3) is 5.91 Å². The minimum atomic E-state index is -1.13. The number of carbonyl (C=O) groups is 4. The monoisotopic (exact) mass is 446 g/mol. The van der Waals surface area contributed by atoms with Gasteiger partial charge in [-0.2, -0.15) is 0 Å². The Morgan fingerprint density at radius 1 is 1.31 bits per heavy atom. The first-order valence-electron chi connectivity index (χ1n) is 8.87. The molecule has 0 saturated carbocycles. The van der Waals surface area contributed by atoms with Gasteiger partial charge >= 0.3 is 11.8 Å². The van der Waals surface area contributed by atoms with Crippen molar-refractivity contribution in [3.05, 3.63) is 15.6 Å². The number of nitrogens with one attached hydrogen (secondary N) is 2. The highest BCUT2D eigenvalue weighted by atomic mass is 35.5. The number of nitrogens with zero attached hydrogens (tertiary/aromatic N) is 3. The minimum absolute atomic E-state index is 0. The molecule has 1 aliphatic heterocycles. The molecule has 0 spiro atoms. The fourth-order valence-electron chi connectivity index (χ4n) is 2.87. The van der Waals surface area contributed by atoms with E-state index in [1.165, 1.54) is 16.2 Å². The Morgan fingerprint density at radius 3 is 2.55 bits per heavy atom. The fraction of sp³-hybridized carbons (Fsp3) is 0.588. The first kappa shape index (κ1) is 24.8. The highest BCUT2D eigenvalue weighted by molar-refractivity contribution is 7.13. The molecule has 0 radical (unpaired) electrons. The lowest BCUT2D eigenvalue weighted by atomic mass is 10.00. The van der Waals surface area contributed by atoms with E-state index < -0.39 is 29.7 Å². The predicted octanol–water partition coefficient (Wildman–Crippen LogP) is -1.02. The molecule has 0 saturated heterocycles. The van der Waals surface area contributed by atoms with Crippen molar-refractivity contribution in [2.45, 2.75) is 25.9 Å². The summed E-state index contributed by atoms with van der Waals surface area (Å²) in [5.41, 5.74) is 5.86. The van der Waals surface area contributed by atoms with E-state index >= 15 is 0 Å². The summed E-state index contributed by atoms with van der Waals surface area (Å²) in [7, 11) is 5.21. The van der Waals surface area contributed by atoms with Crippen LogP contribution in [0.1, 0.15) is 27.3 Å². The third-order valence-electron chi connectivity index (χ3n) is 4.57. The molecule has 0 bridgehead atoms. The lowest BCUT2D eigenvalue weighted by molar-refractivity contribution is -0.137. The summed E-state index contributed by atoms with van der Waals surface area (Å²) in [6.07, 6.45) is 0.781. The number of hydrogen-bond acceptors (Lipinski definition) is 7. The van der Waals surface area contributed by atoms with Crippen LogP contribution in [0.2, 0.25) is 0 Å². The van der Waals surface area contributed by atoms with Crippen LogP contribution in [0.3, 0.4) is 0 Å². The van der Waals surface area contributed by atoms with Gasteiger partial charge in [-0.1, -0.05) is 6.92 Å². The number of thiazole rings is 1. The second-order valence-corrected chi connectivity index (χ2v) is 8.14. The average Bonchev–Trinajstić information content (AvgIpc) is 3.06. The zero-order valence-corrected chi connectivity index (χ0v) is 18.5. The molecule has 0 aromatic carbocycles. The van der Waals surface area contributed by atoms with Crippen molar-refractivity contribution in [2.75, 3.05) is 34.2 Å². The van der Waals surface area contributed by atoms with Crippen molar-refractivity contribution in [1.29, 1.82) is 0 Å². The molecule has 12 heteroatoms. The molecule has 2 rings (SSSR count). The predicted molar refractivity (Wildman–Crippen MR) is 111 cm³/mol. The highest BCUT2D eigenvalue weighted by Gasteiger charge is 2.29. The second kappa shape index (κ2) is 10.5. The standard InChI is InChI=1S/C17H26N6O4S.ClH/c1-9(17(27)22(2)3)11(7-19-14(25)13(18)24)20-15(26)16-21-10-5-6-23(4)8-12(10)28-16;/h9,11H,5-8H2,1-4H3,(H2,18,24)(H,19,25)(H,20,26);1H/t9?,11-;/m0./s1. The maximum absolute atomic E-state index is 12.7. The quantitative estimate of drug-likeness (QED) is 0.478. The molecule has 1 aromatic rings. The topological polar surface area (TPSA) is 138 Å². The van der Waals surface area contributed by atoms with E-state index in [9.17, 15) is 19.2 Å². The van der Waals surface area contributed by atoms with E-state index in [0.29, 0.717) is 5.01 Å². The number of primary amides is 1. The van der Waals surface area contributed by atoms with Gasteiger partial charge in [-0.05, 0) is 7.05 Å². The number of hydrogen-bond donors (Lipinski definition) is 3. The summed E-state index contributed by atoms with van der Waals surface area (Å²) < 4.78 is 0. The number of carbonyl (C=O) groups excluding carboxylic acids is 4. The Morgan fingerprint density at radius 2 is 1.97 bits per heavy atom. The van der Waals surface area contributed by atoms with Crippen LogP contribution in [0.15, 0.2) is 0 Å². The van der Waals surface area contributed by atoms with Gasteiger partial charge in [0.15, 0.2) is 5.01 Å². The van der Waals surface area contributed by atoms with Gasteiger partial charge in [-0.15, -0.1) is 23.7 Å². The normalized spacial score (nSPS) is 15.3. The summed E-state index contributed by atoms with van der Waals surface area (Å²) in [6, 6.07) is -0.727. The molecule has 2 atom stereocenters. The Labute approximate surface area is 179 Å². The van der Waals surface area contributed by atoms with Crippen LogP contribution in [0.25, 0.3) is 0 Å². The number of nitrogens with two attached hydrogens (primary N) is 1. The first-order chi connectivity index (χ1) is 13.1. The van der Waals surface area contributed by atoms with Crippen LogP contribution in [0.5, 0.6) is 0 Å². The van der Waals surface area contributed by atoms with Gasteiger partial charge in [0.1, 0.15) is 0 Å². The van der Waals surface area contributed by atoms with Gasteiger partial charge in [0.05, 0.1) is 17.7 Å². The van der Waals surface area contributed by atoms with Crippen molar-refractivity contribution in [2.24, 2.45) is 11.7 Å². The molecule has 162 valence electrons. The molecule has 0 aliphatic carbocycles. The Hall–Kier alpha value is -2.24. The molecule has 4 amide bonds. The Kier molecular flexibility index (Phi) is 8.99. The molecule has 29 heavy (non-hydrogen) atoms. The molecule has 4 N–H and O–H groups in total. The molecule has 10 nitrogen and oxygen atoms in total. The third kappa shape index (κ3) is 6.38. The van der Waals surface area contributed by atoms with E-state index in [4.69, 9.17) is 5.73 Å². The summed E-state index contributed by atoms with van der Waals surface area (Å²) in [5, 5.41) is 5.43. The number of amides is 4. The summed E-state index contributed by atoms with van der Waals surface area (Å²) in [5.74, 6) is -3.38. The van der Waals surface area contributed by atoms with Gasteiger partial charge in [0.2, 0.25) is 5.91 Å². The molecule has 1 aliphatic rings. The lowest BCUT2D eigenvalue weighted by Crippen LogP contribution is -2.52. The Bertz CT molecular complexity index is 784. The minimum Gasteiger partial charge on any atom is -0.361 e. The first-order valence-corrected chi connectivity index (χ1v) is 9.68. The van der Waals surface area contributed by atoms with Crippen molar-refractivity contribution in [1.82, 2.24) is 25.4 Å². The van der Waals surface area contributed by atoms with E-state index in [2.05, 4.69) is 20.5 Å². The van der Waals surface area contributed by atoms with Crippen molar-refractivity contribution >= 4 is 47.4 Å². The SMILES string of the molecule is CC(C(=O)N(C)C)[C@H](CNC(=O)C(N)=O)NC(=O)c1nc2c(s1)CN(C)CC2.Cl.